The molecule has 3 rings (SSSR count). The smallest absolute Gasteiger partial charge is 0.275 e. The summed E-state index contributed by atoms with van der Waals surface area (Å²) in [5.41, 5.74) is -0.155. The van der Waals surface area contributed by atoms with E-state index in [1.165, 1.54) is 22.9 Å². The Morgan fingerprint density at radius 2 is 2.07 bits per heavy atom. The van der Waals surface area contributed by atoms with Gasteiger partial charge in [0, 0.05) is 37.2 Å². The normalized spacial score (nSPS) is 12.0. The lowest BCUT2D eigenvalue weighted by Crippen LogP contribution is -2.35. The number of hydrogen-bond acceptors (Lipinski definition) is 4. The summed E-state index contributed by atoms with van der Waals surface area (Å²) in [6.07, 6.45) is 3.53. The summed E-state index contributed by atoms with van der Waals surface area (Å²) in [5, 5.41) is 10.9. The van der Waals surface area contributed by atoms with Gasteiger partial charge in [-0.1, -0.05) is 19.1 Å². The van der Waals surface area contributed by atoms with Gasteiger partial charge in [0.15, 0.2) is 5.69 Å². The summed E-state index contributed by atoms with van der Waals surface area (Å²) in [6, 6.07) is 9.16. The monoisotopic (exact) mass is 369 g/mol. The van der Waals surface area contributed by atoms with Gasteiger partial charge >= 0.3 is 0 Å². The first kappa shape index (κ1) is 18.5. The molecule has 0 radical (unpaired) electrons. The second-order valence-electron chi connectivity index (χ2n) is 6.41. The van der Waals surface area contributed by atoms with Gasteiger partial charge in [0.2, 0.25) is 5.43 Å². The summed E-state index contributed by atoms with van der Waals surface area (Å²) in [7, 11) is 0. The van der Waals surface area contributed by atoms with Crippen molar-refractivity contribution in [1.29, 1.82) is 0 Å². The van der Waals surface area contributed by atoms with Gasteiger partial charge in [0.1, 0.15) is 11.5 Å². The van der Waals surface area contributed by atoms with Crippen molar-refractivity contribution in [3.05, 3.63) is 76.2 Å². The third-order valence-electron chi connectivity index (χ3n) is 4.07. The molecule has 8 heteroatoms. The van der Waals surface area contributed by atoms with E-state index in [0.29, 0.717) is 18.8 Å². The zero-order valence-electron chi connectivity index (χ0n) is 15.1. The van der Waals surface area contributed by atoms with Crippen LogP contribution in [0.5, 0.6) is 0 Å². The maximum absolute atomic E-state index is 14.1. The average molecular weight is 369 g/mol. The van der Waals surface area contributed by atoms with E-state index in [0.717, 1.165) is 0 Å². The molecular weight excluding hydrogens is 349 g/mol. The highest BCUT2D eigenvalue weighted by Gasteiger charge is 2.17. The molecule has 0 saturated heterocycles. The van der Waals surface area contributed by atoms with Crippen molar-refractivity contribution >= 4 is 5.91 Å². The molecule has 1 unspecified atom stereocenters. The lowest BCUT2D eigenvalue weighted by Gasteiger charge is -2.14. The minimum Gasteiger partial charge on any atom is -0.350 e. The minimum absolute atomic E-state index is 0.105. The molecule has 3 aromatic rings. The molecule has 1 N–H and O–H groups in total. The van der Waals surface area contributed by atoms with Crippen molar-refractivity contribution in [1.82, 2.24) is 24.9 Å². The van der Waals surface area contributed by atoms with E-state index in [-0.39, 0.29) is 17.3 Å². The Labute approximate surface area is 155 Å². The third-order valence-corrected chi connectivity index (χ3v) is 4.07. The number of aromatic nitrogens is 4. The van der Waals surface area contributed by atoms with Crippen LogP contribution < -0.4 is 10.7 Å². The fraction of sp³-hybridized carbons (Fsp3) is 0.263. The van der Waals surface area contributed by atoms with Crippen molar-refractivity contribution in [3.63, 3.8) is 0 Å². The van der Waals surface area contributed by atoms with Crippen LogP contribution >= 0.6 is 0 Å². The van der Waals surface area contributed by atoms with Crippen LogP contribution in [0.25, 0.3) is 5.69 Å². The molecule has 7 nitrogen and oxygen atoms in total. The van der Waals surface area contributed by atoms with Crippen LogP contribution in [-0.4, -0.2) is 32.0 Å². The number of hydrogen-bond donors (Lipinski definition) is 1. The summed E-state index contributed by atoms with van der Waals surface area (Å²) < 4.78 is 17.1. The van der Waals surface area contributed by atoms with Gasteiger partial charge in [-0.25, -0.2) is 9.07 Å². The molecule has 0 aliphatic heterocycles. The molecule has 2 aromatic heterocycles. The number of aryl methyl sites for hydroxylation is 1. The van der Waals surface area contributed by atoms with E-state index in [2.05, 4.69) is 15.5 Å². The van der Waals surface area contributed by atoms with Crippen molar-refractivity contribution in [2.24, 2.45) is 5.92 Å². The zero-order chi connectivity index (χ0) is 19.4. The number of carbonyl (C=O) groups excluding carboxylic acids is 1. The Hall–Kier alpha value is -3.29. The third kappa shape index (κ3) is 4.28. The van der Waals surface area contributed by atoms with E-state index < -0.39 is 17.2 Å². The van der Waals surface area contributed by atoms with Gasteiger partial charge < -0.3 is 5.32 Å². The Kier molecular flexibility index (Phi) is 5.44. The van der Waals surface area contributed by atoms with E-state index in [4.69, 9.17) is 0 Å². The topological polar surface area (TPSA) is 81.8 Å². The fourth-order valence-corrected chi connectivity index (χ4v) is 2.72. The van der Waals surface area contributed by atoms with Crippen LogP contribution in [0.15, 0.2) is 53.6 Å². The summed E-state index contributed by atoms with van der Waals surface area (Å²) in [5.74, 6) is -0.971. The lowest BCUT2D eigenvalue weighted by atomic mass is 10.2. The number of nitrogens with zero attached hydrogens (tertiary/aromatic N) is 4. The number of para-hydroxylation sites is 1. The molecular formula is C19H20FN5O2. The van der Waals surface area contributed by atoms with Crippen molar-refractivity contribution < 1.29 is 9.18 Å². The van der Waals surface area contributed by atoms with Crippen molar-refractivity contribution in [2.45, 2.75) is 20.4 Å². The second kappa shape index (κ2) is 7.94. The molecule has 0 aliphatic rings. The van der Waals surface area contributed by atoms with Crippen LogP contribution in [0, 0.1) is 18.7 Å². The van der Waals surface area contributed by atoms with Gasteiger partial charge in [-0.05, 0) is 31.0 Å². The first-order chi connectivity index (χ1) is 13.0. The highest BCUT2D eigenvalue weighted by atomic mass is 19.1. The molecule has 27 heavy (non-hydrogen) atoms. The number of amides is 1. The molecule has 0 saturated carbocycles. The lowest BCUT2D eigenvalue weighted by molar-refractivity contribution is 0.0938. The molecule has 2 heterocycles. The largest absolute Gasteiger partial charge is 0.350 e. The zero-order valence-corrected chi connectivity index (χ0v) is 15.1. The fourth-order valence-electron chi connectivity index (χ4n) is 2.72. The van der Waals surface area contributed by atoms with E-state index in [1.807, 2.05) is 19.2 Å². The number of nitrogens with one attached hydrogen (secondary N) is 1. The average Bonchev–Trinajstić information content (AvgIpc) is 3.13. The maximum Gasteiger partial charge on any atom is 0.275 e. The molecule has 0 fully saturated rings. The molecule has 1 amide bonds. The molecule has 1 aromatic carbocycles. The minimum atomic E-state index is -0.586. The van der Waals surface area contributed by atoms with Gasteiger partial charge in [-0.3, -0.25) is 14.3 Å². The molecule has 0 spiro atoms. The van der Waals surface area contributed by atoms with Crippen LogP contribution in [0.1, 0.15) is 23.1 Å². The first-order valence-electron chi connectivity index (χ1n) is 8.57. The van der Waals surface area contributed by atoms with Crippen LogP contribution in [-0.2, 0) is 6.54 Å². The number of benzene rings is 1. The number of carbonyl (C=O) groups is 1. The number of rotatable bonds is 6. The maximum atomic E-state index is 14.1. The SMILES string of the molecule is Cc1cc(=O)c(C(=O)NCC(C)Cn2cccn2)nn1-c1ccccc1F. The highest BCUT2D eigenvalue weighted by molar-refractivity contribution is 5.92. The van der Waals surface area contributed by atoms with Crippen LogP contribution in [0.2, 0.25) is 0 Å². The molecule has 140 valence electrons. The van der Waals surface area contributed by atoms with Crippen LogP contribution in [0.3, 0.4) is 0 Å². The van der Waals surface area contributed by atoms with Gasteiger partial charge in [0.05, 0.1) is 0 Å². The second-order valence-corrected chi connectivity index (χ2v) is 6.41. The quantitative estimate of drug-likeness (QED) is 0.720. The predicted octanol–water partition coefficient (Wildman–Crippen LogP) is 1.94. The summed E-state index contributed by atoms with van der Waals surface area (Å²) in [4.78, 5) is 24.7. The van der Waals surface area contributed by atoms with E-state index in [9.17, 15) is 14.0 Å². The first-order valence-corrected chi connectivity index (χ1v) is 8.57. The van der Waals surface area contributed by atoms with Gasteiger partial charge in [-0.15, -0.1) is 0 Å². The van der Waals surface area contributed by atoms with Crippen LogP contribution in [0.4, 0.5) is 4.39 Å². The Morgan fingerprint density at radius 3 is 2.78 bits per heavy atom. The van der Waals surface area contributed by atoms with Gasteiger partial charge in [0.25, 0.3) is 5.91 Å². The summed E-state index contributed by atoms with van der Waals surface area (Å²) in [6.45, 7) is 4.58. The molecule has 0 aliphatic carbocycles. The Morgan fingerprint density at radius 1 is 1.30 bits per heavy atom. The molecule has 1 atom stereocenters. The van der Waals surface area contributed by atoms with Crippen molar-refractivity contribution in [3.8, 4) is 5.69 Å². The summed E-state index contributed by atoms with van der Waals surface area (Å²) >= 11 is 0. The Balaban J connectivity index is 1.77. The standard InChI is InChI=1S/C19H20FN5O2/c1-13(12-24-9-5-8-22-24)11-21-19(27)18-17(26)10-14(2)25(23-18)16-7-4-3-6-15(16)20/h3-10,13H,11-12H2,1-2H3,(H,21,27). The Bertz CT molecular complexity index is 998. The van der Waals surface area contributed by atoms with Crippen molar-refractivity contribution in [2.75, 3.05) is 6.54 Å². The van der Waals surface area contributed by atoms with Gasteiger partial charge in [-0.2, -0.15) is 10.2 Å². The van der Waals surface area contributed by atoms with E-state index in [1.54, 1.807) is 29.9 Å². The highest BCUT2D eigenvalue weighted by Crippen LogP contribution is 2.13. The predicted molar refractivity (Wildman–Crippen MR) is 98.3 cm³/mol. The van der Waals surface area contributed by atoms with E-state index >= 15 is 0 Å². The number of halogens is 1. The molecule has 0 bridgehead atoms.